The maximum absolute atomic E-state index is 13.4. The lowest BCUT2D eigenvalue weighted by Crippen LogP contribution is -2.35. The Balaban J connectivity index is 2.06. The number of amides is 1. The molecule has 8 heteroatoms. The molecule has 0 saturated carbocycles. The summed E-state index contributed by atoms with van der Waals surface area (Å²) in [5, 5.41) is 11.5. The van der Waals surface area contributed by atoms with Crippen LogP contribution in [0.1, 0.15) is 62.8 Å². The standard InChI is InChI=1S/C32H44N2O6/c1-8-9-17-39-25-12-11-24(19-22(25)4)30(35)28-29(34(16-15-33(5)6)32(37)31(28)36)23-10-13-26(27(20-23)38-7)40-18-14-21(2)3/h10-13,19-21,29,35H,8-9,14-18H2,1-7H3/b30-28+. The molecule has 1 aliphatic rings. The number of hydrogen-bond acceptors (Lipinski definition) is 7. The third-order valence-corrected chi connectivity index (χ3v) is 6.99. The number of likely N-dealkylation sites (N-methyl/N-ethyl adjacent to an activating group) is 1. The van der Waals surface area contributed by atoms with Gasteiger partial charge in [0.1, 0.15) is 11.5 Å². The van der Waals surface area contributed by atoms with Gasteiger partial charge in [-0.15, -0.1) is 0 Å². The Hall–Kier alpha value is -3.52. The van der Waals surface area contributed by atoms with Gasteiger partial charge in [0.25, 0.3) is 11.7 Å². The van der Waals surface area contributed by atoms with E-state index in [0.717, 1.165) is 30.6 Å². The van der Waals surface area contributed by atoms with Crippen molar-refractivity contribution >= 4 is 17.4 Å². The molecular formula is C32H44N2O6. The molecule has 2 aromatic carbocycles. The second-order valence-electron chi connectivity index (χ2n) is 10.9. The average molecular weight is 553 g/mol. The first-order chi connectivity index (χ1) is 19.1. The van der Waals surface area contributed by atoms with Crippen LogP contribution in [0, 0.1) is 12.8 Å². The van der Waals surface area contributed by atoms with Crippen LogP contribution in [0.15, 0.2) is 42.0 Å². The summed E-state index contributed by atoms with van der Waals surface area (Å²) >= 11 is 0. The molecule has 1 unspecified atom stereocenters. The number of aliphatic hydroxyl groups excluding tert-OH is 1. The molecule has 1 saturated heterocycles. The fraction of sp³-hybridized carbons (Fsp3) is 0.500. The summed E-state index contributed by atoms with van der Waals surface area (Å²) in [5.74, 6) is 0.762. The number of hydrogen-bond donors (Lipinski definition) is 1. The van der Waals surface area contributed by atoms with E-state index in [1.807, 2.05) is 32.0 Å². The average Bonchev–Trinajstić information content (AvgIpc) is 3.17. The molecule has 1 amide bonds. The van der Waals surface area contributed by atoms with Gasteiger partial charge >= 0.3 is 0 Å². The van der Waals surface area contributed by atoms with Crippen LogP contribution in [0.5, 0.6) is 17.2 Å². The Labute approximate surface area is 238 Å². The van der Waals surface area contributed by atoms with Gasteiger partial charge in [-0.2, -0.15) is 0 Å². The molecule has 1 aliphatic heterocycles. The van der Waals surface area contributed by atoms with E-state index in [2.05, 4.69) is 20.8 Å². The molecule has 0 spiro atoms. The first-order valence-corrected chi connectivity index (χ1v) is 14.1. The molecule has 0 aromatic heterocycles. The summed E-state index contributed by atoms with van der Waals surface area (Å²) < 4.78 is 17.4. The van der Waals surface area contributed by atoms with E-state index >= 15 is 0 Å². The minimum absolute atomic E-state index is 0.0540. The zero-order chi connectivity index (χ0) is 29.4. The number of benzene rings is 2. The second kappa shape index (κ2) is 14.2. The Bertz CT molecular complexity index is 1220. The number of Topliss-reactive ketones (excluding diaryl/α,β-unsaturated/α-hetero) is 1. The van der Waals surface area contributed by atoms with E-state index in [1.54, 1.807) is 37.4 Å². The van der Waals surface area contributed by atoms with Gasteiger partial charge in [0, 0.05) is 18.7 Å². The maximum atomic E-state index is 13.4. The van der Waals surface area contributed by atoms with E-state index < -0.39 is 17.7 Å². The number of nitrogens with zero attached hydrogens (tertiary/aromatic N) is 2. The van der Waals surface area contributed by atoms with Gasteiger partial charge in [0.2, 0.25) is 0 Å². The molecule has 1 N–H and O–H groups in total. The minimum Gasteiger partial charge on any atom is -0.507 e. The summed E-state index contributed by atoms with van der Waals surface area (Å²) in [4.78, 5) is 30.2. The highest BCUT2D eigenvalue weighted by molar-refractivity contribution is 6.46. The third kappa shape index (κ3) is 7.36. The van der Waals surface area contributed by atoms with Crippen molar-refractivity contribution in [2.24, 2.45) is 5.92 Å². The summed E-state index contributed by atoms with van der Waals surface area (Å²) in [6, 6.07) is 9.94. The van der Waals surface area contributed by atoms with Gasteiger partial charge in [-0.3, -0.25) is 9.59 Å². The fourth-order valence-corrected chi connectivity index (χ4v) is 4.58. The fourth-order valence-electron chi connectivity index (χ4n) is 4.58. The van der Waals surface area contributed by atoms with Crippen LogP contribution in [0.25, 0.3) is 5.76 Å². The van der Waals surface area contributed by atoms with Crippen molar-refractivity contribution in [1.82, 2.24) is 9.80 Å². The predicted molar refractivity (Wildman–Crippen MR) is 157 cm³/mol. The van der Waals surface area contributed by atoms with Crippen molar-refractivity contribution < 1.29 is 28.9 Å². The van der Waals surface area contributed by atoms with Gasteiger partial charge in [-0.25, -0.2) is 0 Å². The van der Waals surface area contributed by atoms with E-state index in [4.69, 9.17) is 14.2 Å². The van der Waals surface area contributed by atoms with Crippen molar-refractivity contribution in [3.8, 4) is 17.2 Å². The van der Waals surface area contributed by atoms with Gasteiger partial charge in [0.15, 0.2) is 11.5 Å². The number of carbonyl (C=O) groups is 2. The molecule has 1 fully saturated rings. The summed E-state index contributed by atoms with van der Waals surface area (Å²) in [6.07, 6.45) is 2.88. The van der Waals surface area contributed by atoms with Crippen LogP contribution in [0.2, 0.25) is 0 Å². The van der Waals surface area contributed by atoms with Crippen molar-refractivity contribution in [1.29, 1.82) is 0 Å². The molecule has 0 aliphatic carbocycles. The molecule has 40 heavy (non-hydrogen) atoms. The molecule has 218 valence electrons. The molecule has 3 rings (SSSR count). The molecule has 8 nitrogen and oxygen atoms in total. The number of ether oxygens (including phenoxy) is 3. The number of unbranched alkanes of at least 4 members (excludes halogenated alkanes) is 1. The zero-order valence-corrected chi connectivity index (χ0v) is 25.0. The Morgan fingerprint density at radius 2 is 1.73 bits per heavy atom. The van der Waals surface area contributed by atoms with Gasteiger partial charge in [-0.05, 0) is 81.2 Å². The Morgan fingerprint density at radius 3 is 2.35 bits per heavy atom. The molecule has 0 bridgehead atoms. The molecule has 1 atom stereocenters. The molecular weight excluding hydrogens is 508 g/mol. The number of carbonyl (C=O) groups excluding carboxylic acids is 2. The highest BCUT2D eigenvalue weighted by atomic mass is 16.5. The zero-order valence-electron chi connectivity index (χ0n) is 25.0. The van der Waals surface area contributed by atoms with Gasteiger partial charge in [-0.1, -0.05) is 33.3 Å². The molecule has 0 radical (unpaired) electrons. The van der Waals surface area contributed by atoms with E-state index in [0.29, 0.717) is 54.8 Å². The van der Waals surface area contributed by atoms with Crippen LogP contribution >= 0.6 is 0 Å². The quantitative estimate of drug-likeness (QED) is 0.141. The van der Waals surface area contributed by atoms with Crippen molar-refractivity contribution in [2.75, 3.05) is 47.5 Å². The summed E-state index contributed by atoms with van der Waals surface area (Å²) in [6.45, 7) is 10.3. The summed E-state index contributed by atoms with van der Waals surface area (Å²) in [5.41, 5.74) is 2.00. The van der Waals surface area contributed by atoms with Crippen LogP contribution in [-0.4, -0.2) is 74.1 Å². The van der Waals surface area contributed by atoms with Crippen LogP contribution < -0.4 is 14.2 Å². The maximum Gasteiger partial charge on any atom is 0.295 e. The second-order valence-corrected chi connectivity index (χ2v) is 10.9. The van der Waals surface area contributed by atoms with Crippen molar-refractivity contribution in [3.05, 3.63) is 58.7 Å². The number of ketones is 1. The van der Waals surface area contributed by atoms with E-state index in [1.165, 1.54) is 4.90 Å². The number of aryl methyl sites for hydroxylation is 1. The van der Waals surface area contributed by atoms with Crippen LogP contribution in [-0.2, 0) is 9.59 Å². The third-order valence-electron chi connectivity index (χ3n) is 6.99. The number of likely N-dealkylation sites (tertiary alicyclic amines) is 1. The predicted octanol–water partition coefficient (Wildman–Crippen LogP) is 5.59. The van der Waals surface area contributed by atoms with Gasteiger partial charge in [0.05, 0.1) is 31.9 Å². The first-order valence-electron chi connectivity index (χ1n) is 14.1. The summed E-state index contributed by atoms with van der Waals surface area (Å²) in [7, 11) is 5.37. The highest BCUT2D eigenvalue weighted by Gasteiger charge is 2.46. The largest absolute Gasteiger partial charge is 0.507 e. The minimum atomic E-state index is -0.778. The first kappa shape index (κ1) is 31.0. The monoisotopic (exact) mass is 552 g/mol. The topological polar surface area (TPSA) is 88.5 Å². The molecule has 1 heterocycles. The van der Waals surface area contributed by atoms with Crippen molar-refractivity contribution in [2.45, 2.75) is 53.0 Å². The number of rotatable bonds is 14. The Kier molecular flexibility index (Phi) is 11.0. The van der Waals surface area contributed by atoms with Crippen LogP contribution in [0.4, 0.5) is 0 Å². The lowest BCUT2D eigenvalue weighted by Gasteiger charge is -2.27. The van der Waals surface area contributed by atoms with Crippen LogP contribution in [0.3, 0.4) is 0 Å². The Morgan fingerprint density at radius 1 is 1.02 bits per heavy atom. The normalized spacial score (nSPS) is 16.7. The highest BCUT2D eigenvalue weighted by Crippen LogP contribution is 2.42. The van der Waals surface area contributed by atoms with E-state index in [-0.39, 0.29) is 11.3 Å². The lowest BCUT2D eigenvalue weighted by molar-refractivity contribution is -0.140. The van der Waals surface area contributed by atoms with Crippen molar-refractivity contribution in [3.63, 3.8) is 0 Å². The SMILES string of the molecule is CCCCOc1ccc(/C(O)=C2\C(=O)C(=O)N(CCN(C)C)C2c2ccc(OCCC(C)C)c(OC)c2)cc1C. The molecule has 2 aromatic rings. The smallest absolute Gasteiger partial charge is 0.295 e. The lowest BCUT2D eigenvalue weighted by atomic mass is 9.94. The van der Waals surface area contributed by atoms with Gasteiger partial charge < -0.3 is 29.1 Å². The van der Waals surface area contributed by atoms with E-state index in [9.17, 15) is 14.7 Å². The number of methoxy groups -OCH3 is 1. The number of aliphatic hydroxyl groups is 1.